The van der Waals surface area contributed by atoms with Crippen molar-refractivity contribution in [3.8, 4) is 5.75 Å². The Hall–Kier alpha value is -3.11. The number of amides is 1. The lowest BCUT2D eigenvalue weighted by atomic mass is 10.1. The van der Waals surface area contributed by atoms with Gasteiger partial charge in [0.15, 0.2) is 5.78 Å². The van der Waals surface area contributed by atoms with Crippen molar-refractivity contribution in [2.75, 3.05) is 19.0 Å². The Bertz CT molecular complexity index is 1020. The third-order valence-corrected chi connectivity index (χ3v) is 4.98. The quantitative estimate of drug-likeness (QED) is 0.490. The van der Waals surface area contributed by atoms with Crippen molar-refractivity contribution in [3.05, 3.63) is 66.2 Å². The van der Waals surface area contributed by atoms with Crippen LogP contribution in [0.2, 0.25) is 0 Å². The predicted octanol–water partition coefficient (Wildman–Crippen LogP) is 3.10. The standard InChI is InChI=1S/C19H17F2NO6S/c1-3-13-8-10-14(11-9-13)22-18(24)19(20,21)29(25,26)28-12-16(23)15-6-4-5-7-17(15)27-2/h3-11H,1,12H2,2H3,(H,22,24). The zero-order valence-electron chi connectivity index (χ0n) is 15.2. The lowest BCUT2D eigenvalue weighted by molar-refractivity contribution is -0.130. The molecule has 0 spiro atoms. The van der Waals surface area contributed by atoms with Crippen LogP contribution in [-0.4, -0.2) is 39.1 Å². The second-order valence-corrected chi connectivity index (χ2v) is 7.29. The van der Waals surface area contributed by atoms with Gasteiger partial charge in [-0.3, -0.25) is 13.8 Å². The van der Waals surface area contributed by atoms with Gasteiger partial charge in [-0.05, 0) is 29.8 Å². The van der Waals surface area contributed by atoms with Crippen LogP contribution in [0.4, 0.5) is 14.5 Å². The van der Waals surface area contributed by atoms with Gasteiger partial charge in [-0.15, -0.1) is 0 Å². The molecule has 2 rings (SSSR count). The van der Waals surface area contributed by atoms with E-state index in [4.69, 9.17) is 4.74 Å². The summed E-state index contributed by atoms with van der Waals surface area (Å²) in [7, 11) is -4.46. The zero-order chi connectivity index (χ0) is 21.7. The molecule has 1 amide bonds. The molecule has 0 aliphatic rings. The summed E-state index contributed by atoms with van der Waals surface area (Å²) < 4.78 is 61.1. The van der Waals surface area contributed by atoms with Crippen molar-refractivity contribution in [2.24, 2.45) is 0 Å². The monoisotopic (exact) mass is 425 g/mol. The second kappa shape index (κ2) is 8.93. The topological polar surface area (TPSA) is 98.8 Å². The van der Waals surface area contributed by atoms with E-state index in [1.807, 2.05) is 0 Å². The average Bonchev–Trinajstić information content (AvgIpc) is 2.72. The molecule has 7 nitrogen and oxygen atoms in total. The summed E-state index contributed by atoms with van der Waals surface area (Å²) in [5, 5.41) is -3.14. The smallest absolute Gasteiger partial charge is 0.447 e. The Morgan fingerprint density at radius 3 is 2.34 bits per heavy atom. The summed E-state index contributed by atoms with van der Waals surface area (Å²) in [6.45, 7) is 2.30. The van der Waals surface area contributed by atoms with Crippen LogP contribution in [-0.2, 0) is 19.1 Å². The van der Waals surface area contributed by atoms with Crippen molar-refractivity contribution in [2.45, 2.75) is 5.25 Å². The number of para-hydroxylation sites is 1. The number of anilines is 1. The molecule has 0 fully saturated rings. The molecule has 0 unspecified atom stereocenters. The number of nitrogens with one attached hydrogen (secondary N) is 1. The molecule has 0 saturated carbocycles. The number of carbonyl (C=O) groups is 2. The molecule has 29 heavy (non-hydrogen) atoms. The van der Waals surface area contributed by atoms with E-state index < -0.39 is 33.7 Å². The van der Waals surface area contributed by atoms with Crippen molar-refractivity contribution < 1.29 is 35.7 Å². The van der Waals surface area contributed by atoms with Crippen LogP contribution in [0.15, 0.2) is 55.1 Å². The van der Waals surface area contributed by atoms with E-state index in [-0.39, 0.29) is 17.0 Å². The number of ether oxygens (including phenoxy) is 1. The van der Waals surface area contributed by atoms with Gasteiger partial charge in [0.1, 0.15) is 12.4 Å². The maximum atomic E-state index is 14.1. The van der Waals surface area contributed by atoms with Gasteiger partial charge >= 0.3 is 21.3 Å². The number of carbonyl (C=O) groups excluding carboxylic acids is 2. The average molecular weight is 425 g/mol. The van der Waals surface area contributed by atoms with Crippen LogP contribution in [0, 0.1) is 0 Å². The fourth-order valence-electron chi connectivity index (χ4n) is 2.18. The number of methoxy groups -OCH3 is 1. The number of alkyl halides is 2. The minimum atomic E-state index is -5.74. The molecule has 0 radical (unpaired) electrons. The van der Waals surface area contributed by atoms with Crippen LogP contribution < -0.4 is 10.1 Å². The zero-order valence-corrected chi connectivity index (χ0v) is 16.0. The van der Waals surface area contributed by atoms with Crippen molar-refractivity contribution in [1.82, 2.24) is 0 Å². The molecule has 2 aromatic carbocycles. The molecule has 2 aromatic rings. The van der Waals surface area contributed by atoms with E-state index in [0.717, 1.165) is 0 Å². The number of Topliss-reactive ketones (excluding diaryl/α,β-unsaturated/α-hetero) is 1. The van der Waals surface area contributed by atoms with E-state index in [1.165, 1.54) is 55.7 Å². The van der Waals surface area contributed by atoms with Crippen LogP contribution in [0.5, 0.6) is 5.75 Å². The molecule has 0 bridgehead atoms. The molecule has 0 aliphatic heterocycles. The van der Waals surface area contributed by atoms with Crippen molar-refractivity contribution in [1.29, 1.82) is 0 Å². The van der Waals surface area contributed by atoms with Gasteiger partial charge < -0.3 is 10.1 Å². The summed E-state index contributed by atoms with van der Waals surface area (Å²) >= 11 is 0. The first-order valence-corrected chi connectivity index (χ1v) is 9.50. The van der Waals surface area contributed by atoms with Gasteiger partial charge in [-0.25, -0.2) is 0 Å². The van der Waals surface area contributed by atoms with Gasteiger partial charge in [0.2, 0.25) is 0 Å². The minimum absolute atomic E-state index is 0.0550. The van der Waals surface area contributed by atoms with Gasteiger partial charge in [-0.2, -0.15) is 17.2 Å². The largest absolute Gasteiger partial charge is 0.496 e. The van der Waals surface area contributed by atoms with Crippen LogP contribution in [0.1, 0.15) is 15.9 Å². The normalized spacial score (nSPS) is 11.6. The van der Waals surface area contributed by atoms with Gasteiger partial charge in [0.25, 0.3) is 0 Å². The van der Waals surface area contributed by atoms with E-state index in [2.05, 4.69) is 10.8 Å². The SMILES string of the molecule is C=Cc1ccc(NC(=O)C(F)(F)S(=O)(=O)OCC(=O)c2ccccc2OC)cc1. The Kier molecular flexibility index (Phi) is 6.83. The van der Waals surface area contributed by atoms with Crippen molar-refractivity contribution >= 4 is 33.6 Å². The van der Waals surface area contributed by atoms with E-state index in [9.17, 15) is 26.8 Å². The maximum Gasteiger partial charge on any atom is 0.447 e. The fraction of sp³-hybridized carbons (Fsp3) is 0.158. The number of halogens is 2. The Morgan fingerprint density at radius 1 is 1.14 bits per heavy atom. The minimum Gasteiger partial charge on any atom is -0.496 e. The first kappa shape index (κ1) is 22.2. The Morgan fingerprint density at radius 2 is 1.76 bits per heavy atom. The highest BCUT2D eigenvalue weighted by molar-refractivity contribution is 7.88. The van der Waals surface area contributed by atoms with Gasteiger partial charge in [0, 0.05) is 5.69 Å². The molecule has 154 valence electrons. The van der Waals surface area contributed by atoms with Crippen LogP contribution in [0.3, 0.4) is 0 Å². The molecule has 0 heterocycles. The van der Waals surface area contributed by atoms with Gasteiger partial charge in [-0.1, -0.05) is 36.9 Å². The molecular weight excluding hydrogens is 408 g/mol. The van der Waals surface area contributed by atoms with Crippen molar-refractivity contribution in [3.63, 3.8) is 0 Å². The summed E-state index contributed by atoms with van der Waals surface area (Å²) in [6, 6.07) is 11.3. The summed E-state index contributed by atoms with van der Waals surface area (Å²) in [5.41, 5.74) is 0.557. The Balaban J connectivity index is 2.10. The van der Waals surface area contributed by atoms with Gasteiger partial charge in [0.05, 0.1) is 12.7 Å². The number of hydrogen-bond acceptors (Lipinski definition) is 6. The highest BCUT2D eigenvalue weighted by Crippen LogP contribution is 2.26. The molecule has 0 aromatic heterocycles. The summed E-state index contributed by atoms with van der Waals surface area (Å²) in [6.07, 6.45) is 1.50. The molecule has 1 N–H and O–H groups in total. The first-order chi connectivity index (χ1) is 13.6. The van der Waals surface area contributed by atoms with Crippen LogP contribution in [0.25, 0.3) is 6.08 Å². The lowest BCUT2D eigenvalue weighted by Gasteiger charge is -2.16. The van der Waals surface area contributed by atoms with E-state index >= 15 is 0 Å². The fourth-order valence-corrected chi connectivity index (χ4v) is 2.87. The van der Waals surface area contributed by atoms with E-state index in [0.29, 0.717) is 5.56 Å². The predicted molar refractivity (Wildman–Crippen MR) is 102 cm³/mol. The second-order valence-electron chi connectivity index (χ2n) is 5.64. The van der Waals surface area contributed by atoms with E-state index in [1.54, 1.807) is 11.4 Å². The highest BCUT2D eigenvalue weighted by Gasteiger charge is 2.54. The molecule has 0 aliphatic carbocycles. The number of benzene rings is 2. The highest BCUT2D eigenvalue weighted by atomic mass is 32.2. The molecule has 10 heteroatoms. The first-order valence-electron chi connectivity index (χ1n) is 8.09. The maximum absolute atomic E-state index is 14.1. The molecule has 0 saturated heterocycles. The third kappa shape index (κ3) is 5.04. The third-order valence-electron chi connectivity index (χ3n) is 3.74. The number of ketones is 1. The molecular formula is C19H17F2NO6S. The number of hydrogen-bond donors (Lipinski definition) is 1. The lowest BCUT2D eigenvalue weighted by Crippen LogP contribution is -2.43. The van der Waals surface area contributed by atoms with Crippen LogP contribution >= 0.6 is 0 Å². The summed E-state index contributed by atoms with van der Waals surface area (Å²) in [5.74, 6) is -2.91. The summed E-state index contributed by atoms with van der Waals surface area (Å²) in [4.78, 5) is 23.9. The number of rotatable bonds is 9. The molecule has 0 atom stereocenters. The Labute approximate surface area is 166 Å².